The van der Waals surface area contributed by atoms with Crippen molar-refractivity contribution >= 4 is 16.8 Å². The number of rotatable bonds is 4. The lowest BCUT2D eigenvalue weighted by molar-refractivity contribution is 0.0932. The standard InChI is InChI=1S/C21H21N5O/c1-2-26-18-6-4-3-5-16(18)11-19(26)17-12-20(25-24-17)23-21(27)15-9-7-14(13-22)8-10-15/h3-11,17,20,24-25H,2,12H2,1H3,(H,23,27). The molecule has 1 amide bonds. The number of aromatic nitrogens is 1. The van der Waals surface area contributed by atoms with Crippen molar-refractivity contribution in [3.63, 3.8) is 0 Å². The first-order valence-electron chi connectivity index (χ1n) is 9.10. The van der Waals surface area contributed by atoms with Crippen molar-refractivity contribution in [3.05, 3.63) is 71.4 Å². The van der Waals surface area contributed by atoms with Gasteiger partial charge in [-0.05, 0) is 48.7 Å². The number of carbonyl (C=O) groups is 1. The Morgan fingerprint density at radius 2 is 2.00 bits per heavy atom. The van der Waals surface area contributed by atoms with Crippen LogP contribution in [0.15, 0.2) is 54.6 Å². The summed E-state index contributed by atoms with van der Waals surface area (Å²) in [5.74, 6) is -0.157. The molecule has 3 N–H and O–H groups in total. The van der Waals surface area contributed by atoms with Gasteiger partial charge in [-0.1, -0.05) is 18.2 Å². The van der Waals surface area contributed by atoms with E-state index in [1.54, 1.807) is 24.3 Å². The van der Waals surface area contributed by atoms with Gasteiger partial charge >= 0.3 is 0 Å². The van der Waals surface area contributed by atoms with E-state index in [2.05, 4.69) is 58.0 Å². The fourth-order valence-electron chi connectivity index (χ4n) is 3.66. The van der Waals surface area contributed by atoms with Gasteiger partial charge in [-0.15, -0.1) is 0 Å². The van der Waals surface area contributed by atoms with Gasteiger partial charge in [0.2, 0.25) is 0 Å². The molecule has 0 saturated carbocycles. The van der Waals surface area contributed by atoms with Crippen molar-refractivity contribution in [2.75, 3.05) is 0 Å². The number of nitriles is 1. The lowest BCUT2D eigenvalue weighted by atomic mass is 10.1. The topological polar surface area (TPSA) is 81.9 Å². The van der Waals surface area contributed by atoms with Crippen molar-refractivity contribution in [1.29, 1.82) is 5.26 Å². The summed E-state index contributed by atoms with van der Waals surface area (Å²) in [6.07, 6.45) is 0.583. The molecule has 27 heavy (non-hydrogen) atoms. The van der Waals surface area contributed by atoms with E-state index in [0.29, 0.717) is 11.1 Å². The minimum atomic E-state index is -0.165. The number of hydrazine groups is 1. The molecule has 0 bridgehead atoms. The van der Waals surface area contributed by atoms with Crippen LogP contribution in [-0.2, 0) is 6.54 Å². The van der Waals surface area contributed by atoms with E-state index in [1.807, 2.05) is 6.07 Å². The molecule has 2 aromatic carbocycles. The van der Waals surface area contributed by atoms with Crippen molar-refractivity contribution in [2.24, 2.45) is 0 Å². The molecule has 0 aliphatic carbocycles. The Morgan fingerprint density at radius 3 is 2.74 bits per heavy atom. The van der Waals surface area contributed by atoms with Crippen LogP contribution in [0, 0.1) is 11.3 Å². The van der Waals surface area contributed by atoms with Crippen LogP contribution in [0.2, 0.25) is 0 Å². The van der Waals surface area contributed by atoms with Gasteiger partial charge in [0.25, 0.3) is 5.91 Å². The number of hydrogen-bond donors (Lipinski definition) is 3. The number of carbonyl (C=O) groups excluding carboxylic acids is 1. The van der Waals surface area contributed by atoms with Gasteiger partial charge in [0.15, 0.2) is 0 Å². The molecule has 2 atom stereocenters. The molecule has 1 aliphatic heterocycles. The molecule has 1 aliphatic rings. The number of hydrogen-bond acceptors (Lipinski definition) is 4. The Bertz CT molecular complexity index is 1020. The molecule has 0 spiro atoms. The molecule has 1 aromatic heterocycles. The summed E-state index contributed by atoms with van der Waals surface area (Å²) < 4.78 is 2.31. The van der Waals surface area contributed by atoms with E-state index in [0.717, 1.165) is 13.0 Å². The van der Waals surface area contributed by atoms with E-state index in [-0.39, 0.29) is 18.1 Å². The molecular formula is C21H21N5O. The molecule has 3 aromatic rings. The van der Waals surface area contributed by atoms with Gasteiger partial charge in [-0.25, -0.2) is 10.9 Å². The normalized spacial score (nSPS) is 19.1. The predicted molar refractivity (Wildman–Crippen MR) is 104 cm³/mol. The molecule has 6 nitrogen and oxygen atoms in total. The minimum Gasteiger partial charge on any atom is -0.343 e. The summed E-state index contributed by atoms with van der Waals surface area (Å²) in [5, 5.41) is 13.1. The molecule has 2 heterocycles. The largest absolute Gasteiger partial charge is 0.343 e. The summed E-state index contributed by atoms with van der Waals surface area (Å²) >= 11 is 0. The molecule has 136 valence electrons. The van der Waals surface area contributed by atoms with Crippen molar-refractivity contribution in [2.45, 2.75) is 32.1 Å². The van der Waals surface area contributed by atoms with E-state index < -0.39 is 0 Å². The first-order chi connectivity index (χ1) is 13.2. The van der Waals surface area contributed by atoms with Crippen LogP contribution in [0.4, 0.5) is 0 Å². The zero-order valence-electron chi connectivity index (χ0n) is 15.1. The highest BCUT2D eigenvalue weighted by Gasteiger charge is 2.28. The van der Waals surface area contributed by atoms with Crippen LogP contribution >= 0.6 is 0 Å². The van der Waals surface area contributed by atoms with Gasteiger partial charge in [0, 0.05) is 29.7 Å². The number of nitrogens with one attached hydrogen (secondary N) is 3. The van der Waals surface area contributed by atoms with Crippen LogP contribution in [0.3, 0.4) is 0 Å². The third kappa shape index (κ3) is 3.31. The lowest BCUT2D eigenvalue weighted by Crippen LogP contribution is -2.44. The van der Waals surface area contributed by atoms with Gasteiger partial charge in [0.1, 0.15) is 0 Å². The highest BCUT2D eigenvalue weighted by molar-refractivity contribution is 5.94. The smallest absolute Gasteiger partial charge is 0.252 e. The van der Waals surface area contributed by atoms with Crippen LogP contribution in [0.25, 0.3) is 10.9 Å². The minimum absolute atomic E-state index is 0.114. The quantitative estimate of drug-likeness (QED) is 0.669. The van der Waals surface area contributed by atoms with Crippen LogP contribution in [0.1, 0.15) is 41.0 Å². The second kappa shape index (κ2) is 7.23. The van der Waals surface area contributed by atoms with Crippen molar-refractivity contribution < 1.29 is 4.79 Å². The average molecular weight is 359 g/mol. The third-order valence-electron chi connectivity index (χ3n) is 5.00. The summed E-state index contributed by atoms with van der Waals surface area (Å²) in [4.78, 5) is 12.4. The molecule has 4 rings (SSSR count). The Hall–Kier alpha value is -3.14. The summed E-state index contributed by atoms with van der Waals surface area (Å²) in [6.45, 7) is 3.03. The molecule has 0 radical (unpaired) electrons. The maximum absolute atomic E-state index is 12.4. The van der Waals surface area contributed by atoms with Crippen molar-refractivity contribution in [3.8, 4) is 6.07 Å². The van der Waals surface area contributed by atoms with Crippen molar-refractivity contribution in [1.82, 2.24) is 20.7 Å². The zero-order chi connectivity index (χ0) is 18.8. The number of amides is 1. The third-order valence-corrected chi connectivity index (χ3v) is 5.00. The SMILES string of the molecule is CCn1c(C2CC(NC(=O)c3ccc(C#N)cc3)NN2)cc2ccccc21. The number of fused-ring (bicyclic) bond motifs is 1. The number of benzene rings is 2. The molecule has 1 saturated heterocycles. The average Bonchev–Trinajstić information content (AvgIpc) is 3.31. The van der Waals surface area contributed by atoms with Gasteiger partial charge < -0.3 is 9.88 Å². The van der Waals surface area contributed by atoms with Gasteiger partial charge in [-0.3, -0.25) is 4.79 Å². The maximum Gasteiger partial charge on any atom is 0.252 e. The number of nitrogens with zero attached hydrogens (tertiary/aromatic N) is 2. The fraction of sp³-hybridized carbons (Fsp3) is 0.238. The van der Waals surface area contributed by atoms with Crippen LogP contribution in [-0.4, -0.2) is 16.6 Å². The predicted octanol–water partition coefficient (Wildman–Crippen LogP) is 2.83. The Labute approximate surface area is 157 Å². The number of aryl methyl sites for hydroxylation is 1. The monoisotopic (exact) mass is 359 g/mol. The van der Waals surface area contributed by atoms with Crippen LogP contribution < -0.4 is 16.2 Å². The van der Waals surface area contributed by atoms with E-state index in [4.69, 9.17) is 5.26 Å². The first kappa shape index (κ1) is 17.3. The van der Waals surface area contributed by atoms with E-state index in [9.17, 15) is 4.79 Å². The van der Waals surface area contributed by atoms with E-state index >= 15 is 0 Å². The van der Waals surface area contributed by atoms with Gasteiger partial charge in [0.05, 0.1) is 23.8 Å². The van der Waals surface area contributed by atoms with Gasteiger partial charge in [-0.2, -0.15) is 5.26 Å². The Morgan fingerprint density at radius 1 is 1.22 bits per heavy atom. The molecule has 6 heteroatoms. The highest BCUT2D eigenvalue weighted by Crippen LogP contribution is 2.28. The second-order valence-electron chi connectivity index (χ2n) is 6.66. The maximum atomic E-state index is 12.4. The van der Waals surface area contributed by atoms with Crippen LogP contribution in [0.5, 0.6) is 0 Å². The summed E-state index contributed by atoms with van der Waals surface area (Å²) in [6, 6.07) is 19.4. The second-order valence-corrected chi connectivity index (χ2v) is 6.66. The molecular weight excluding hydrogens is 338 g/mol. The summed E-state index contributed by atoms with van der Waals surface area (Å²) in [5.41, 5.74) is 10.00. The Kier molecular flexibility index (Phi) is 4.63. The fourth-order valence-corrected chi connectivity index (χ4v) is 3.66. The van der Waals surface area contributed by atoms with E-state index in [1.165, 1.54) is 16.6 Å². The zero-order valence-corrected chi connectivity index (χ0v) is 15.1. The highest BCUT2D eigenvalue weighted by atomic mass is 16.1. The first-order valence-corrected chi connectivity index (χ1v) is 9.10. The Balaban J connectivity index is 1.47. The molecule has 2 unspecified atom stereocenters. The number of para-hydroxylation sites is 1. The lowest BCUT2D eigenvalue weighted by Gasteiger charge is -2.14. The molecule has 1 fully saturated rings. The summed E-state index contributed by atoms with van der Waals surface area (Å²) in [7, 11) is 0.